The minimum Gasteiger partial charge on any atom is -0.345 e. The van der Waals surface area contributed by atoms with E-state index in [1.165, 1.54) is 58.7 Å². The number of rotatable bonds is 4. The minimum atomic E-state index is 0. The van der Waals surface area contributed by atoms with Crippen molar-refractivity contribution < 1.29 is 0 Å². The highest BCUT2D eigenvalue weighted by Crippen LogP contribution is 2.36. The Hall–Kier alpha value is -2.07. The monoisotopic (exact) mass is 469 g/mol. The molecule has 1 heterocycles. The molecule has 0 aliphatic heterocycles. The summed E-state index contributed by atoms with van der Waals surface area (Å²) in [6.07, 6.45) is 6.98. The van der Waals surface area contributed by atoms with Crippen LogP contribution < -0.4 is 5.32 Å². The first kappa shape index (κ1) is 24.6. The standard InChI is InChI=1S/C27H31N3.2ClH/c1-18-14-25-26(30-17-29-25)15-24(18)23-9-8-19(21-6-4-5-7-22(21)23)16-28-20-10-12-27(2,3)13-11-20;;/h4-9,14-15,17,20,28H,10-13,16H2,1-3H3,(H,29,30);2*1H. The first-order valence-electron chi connectivity index (χ1n) is 11.2. The Morgan fingerprint density at radius 3 is 2.44 bits per heavy atom. The van der Waals surface area contributed by atoms with Crippen molar-refractivity contribution in [3.8, 4) is 11.1 Å². The lowest BCUT2D eigenvalue weighted by atomic mass is 9.75. The molecule has 0 saturated heterocycles. The van der Waals surface area contributed by atoms with Gasteiger partial charge in [0, 0.05) is 12.6 Å². The summed E-state index contributed by atoms with van der Waals surface area (Å²) in [5, 5.41) is 6.51. The van der Waals surface area contributed by atoms with Gasteiger partial charge in [0.2, 0.25) is 0 Å². The second-order valence-electron chi connectivity index (χ2n) is 9.72. The summed E-state index contributed by atoms with van der Waals surface area (Å²) in [6.45, 7) is 7.92. The average Bonchev–Trinajstić information content (AvgIpc) is 3.19. The molecule has 4 aromatic rings. The van der Waals surface area contributed by atoms with Crippen molar-refractivity contribution in [1.29, 1.82) is 0 Å². The molecule has 0 bridgehead atoms. The van der Waals surface area contributed by atoms with Gasteiger partial charge >= 0.3 is 0 Å². The molecule has 1 aliphatic rings. The molecule has 5 heteroatoms. The Labute approximate surface area is 203 Å². The Morgan fingerprint density at radius 2 is 1.69 bits per heavy atom. The van der Waals surface area contributed by atoms with Gasteiger partial charge < -0.3 is 10.3 Å². The Kier molecular flexibility index (Phi) is 7.54. The largest absolute Gasteiger partial charge is 0.345 e. The van der Waals surface area contributed by atoms with Crippen molar-refractivity contribution in [2.75, 3.05) is 0 Å². The van der Waals surface area contributed by atoms with Crippen LogP contribution in [0.5, 0.6) is 0 Å². The zero-order valence-corrected chi connectivity index (χ0v) is 20.7. The molecule has 1 aliphatic carbocycles. The zero-order valence-electron chi connectivity index (χ0n) is 19.1. The molecular formula is C27H33Cl2N3. The van der Waals surface area contributed by atoms with E-state index in [0.29, 0.717) is 11.5 Å². The molecule has 3 aromatic carbocycles. The van der Waals surface area contributed by atoms with Crippen molar-refractivity contribution in [2.45, 2.75) is 59.0 Å². The van der Waals surface area contributed by atoms with Crippen molar-refractivity contribution in [1.82, 2.24) is 15.3 Å². The van der Waals surface area contributed by atoms with Crippen molar-refractivity contribution in [3.63, 3.8) is 0 Å². The third-order valence-electron chi connectivity index (χ3n) is 6.99. The van der Waals surface area contributed by atoms with Crippen LogP contribution in [0, 0.1) is 12.3 Å². The van der Waals surface area contributed by atoms with Crippen LogP contribution in [0.2, 0.25) is 0 Å². The molecule has 1 fully saturated rings. The number of aromatic amines is 1. The van der Waals surface area contributed by atoms with E-state index in [4.69, 9.17) is 0 Å². The molecule has 32 heavy (non-hydrogen) atoms. The molecule has 0 amide bonds. The first-order chi connectivity index (χ1) is 14.5. The molecule has 0 atom stereocenters. The number of fused-ring (bicyclic) bond motifs is 2. The van der Waals surface area contributed by atoms with Crippen molar-refractivity contribution >= 4 is 46.6 Å². The van der Waals surface area contributed by atoms with Crippen LogP contribution in [0.1, 0.15) is 50.7 Å². The lowest BCUT2D eigenvalue weighted by molar-refractivity contribution is 0.206. The molecule has 3 nitrogen and oxygen atoms in total. The molecule has 1 aromatic heterocycles. The molecule has 0 unspecified atom stereocenters. The highest BCUT2D eigenvalue weighted by atomic mass is 35.5. The fourth-order valence-corrected chi connectivity index (χ4v) is 4.99. The van der Waals surface area contributed by atoms with Gasteiger partial charge in [-0.25, -0.2) is 4.98 Å². The molecule has 0 spiro atoms. The van der Waals surface area contributed by atoms with E-state index >= 15 is 0 Å². The van der Waals surface area contributed by atoms with Gasteiger partial charge in [-0.05, 0) is 83.2 Å². The molecular weight excluding hydrogens is 437 g/mol. The first-order valence-corrected chi connectivity index (χ1v) is 11.2. The van der Waals surface area contributed by atoms with E-state index < -0.39 is 0 Å². The van der Waals surface area contributed by atoms with Gasteiger partial charge in [0.15, 0.2) is 0 Å². The lowest BCUT2D eigenvalue weighted by Crippen LogP contribution is -2.35. The van der Waals surface area contributed by atoms with Gasteiger partial charge in [-0.2, -0.15) is 0 Å². The van der Waals surface area contributed by atoms with Gasteiger partial charge in [0.25, 0.3) is 0 Å². The highest BCUT2D eigenvalue weighted by Gasteiger charge is 2.26. The van der Waals surface area contributed by atoms with E-state index in [1.54, 1.807) is 6.33 Å². The molecule has 1 saturated carbocycles. The minimum absolute atomic E-state index is 0. The quantitative estimate of drug-likeness (QED) is 0.323. The van der Waals surface area contributed by atoms with E-state index in [-0.39, 0.29) is 24.8 Å². The molecule has 0 radical (unpaired) electrons. The topological polar surface area (TPSA) is 40.7 Å². The van der Waals surface area contributed by atoms with Gasteiger partial charge in [-0.1, -0.05) is 50.2 Å². The predicted molar refractivity (Wildman–Crippen MR) is 141 cm³/mol. The normalized spacial score (nSPS) is 16.0. The summed E-state index contributed by atoms with van der Waals surface area (Å²) in [6, 6.07) is 18.5. The van der Waals surface area contributed by atoms with E-state index in [2.05, 4.69) is 84.6 Å². The summed E-state index contributed by atoms with van der Waals surface area (Å²) in [4.78, 5) is 7.69. The van der Waals surface area contributed by atoms with Crippen LogP contribution in [0.25, 0.3) is 32.9 Å². The van der Waals surface area contributed by atoms with Crippen LogP contribution in [-0.2, 0) is 6.54 Å². The molecule has 2 N–H and O–H groups in total. The fourth-order valence-electron chi connectivity index (χ4n) is 4.99. The van der Waals surface area contributed by atoms with E-state index in [9.17, 15) is 0 Å². The highest BCUT2D eigenvalue weighted by molar-refractivity contribution is 6.00. The number of halogens is 2. The van der Waals surface area contributed by atoms with Crippen LogP contribution in [0.4, 0.5) is 0 Å². The summed E-state index contributed by atoms with van der Waals surface area (Å²) in [5.41, 5.74) is 7.84. The third kappa shape index (κ3) is 4.80. The summed E-state index contributed by atoms with van der Waals surface area (Å²) >= 11 is 0. The Bertz CT molecular complexity index is 1200. The maximum absolute atomic E-state index is 4.47. The second kappa shape index (κ2) is 9.82. The Morgan fingerprint density at radius 1 is 0.969 bits per heavy atom. The van der Waals surface area contributed by atoms with Gasteiger partial charge in [-0.15, -0.1) is 24.8 Å². The number of nitrogens with zero attached hydrogens (tertiary/aromatic N) is 1. The number of imidazole rings is 1. The molecule has 170 valence electrons. The van der Waals surface area contributed by atoms with E-state index in [1.807, 2.05) is 0 Å². The average molecular weight is 470 g/mol. The van der Waals surface area contributed by atoms with Crippen LogP contribution >= 0.6 is 24.8 Å². The number of hydrogen-bond acceptors (Lipinski definition) is 2. The fraction of sp³-hybridized carbons (Fsp3) is 0.370. The Balaban J connectivity index is 0.00000144. The number of benzene rings is 3. The van der Waals surface area contributed by atoms with E-state index in [0.717, 1.165) is 17.6 Å². The van der Waals surface area contributed by atoms with Crippen molar-refractivity contribution in [3.05, 3.63) is 66.0 Å². The summed E-state index contributed by atoms with van der Waals surface area (Å²) in [7, 11) is 0. The lowest BCUT2D eigenvalue weighted by Gasteiger charge is -2.34. The zero-order chi connectivity index (χ0) is 20.7. The number of H-pyrrole nitrogens is 1. The number of aryl methyl sites for hydroxylation is 1. The maximum Gasteiger partial charge on any atom is 0.0931 e. The van der Waals surface area contributed by atoms with Gasteiger partial charge in [0.05, 0.1) is 17.4 Å². The van der Waals surface area contributed by atoms with Crippen molar-refractivity contribution in [2.24, 2.45) is 5.41 Å². The van der Waals surface area contributed by atoms with Crippen LogP contribution in [0.3, 0.4) is 0 Å². The molecule has 5 rings (SSSR count). The SMILES string of the molecule is Cc1cc2[nH]cnc2cc1-c1ccc(CNC2CCC(C)(C)CC2)c2ccccc12.Cl.Cl. The van der Waals surface area contributed by atoms with Crippen LogP contribution in [-0.4, -0.2) is 16.0 Å². The number of hydrogen-bond donors (Lipinski definition) is 2. The third-order valence-corrected chi connectivity index (χ3v) is 6.99. The van der Waals surface area contributed by atoms with Gasteiger partial charge in [0.1, 0.15) is 0 Å². The van der Waals surface area contributed by atoms with Crippen LogP contribution in [0.15, 0.2) is 54.9 Å². The number of nitrogens with one attached hydrogen (secondary N) is 2. The summed E-state index contributed by atoms with van der Waals surface area (Å²) in [5.74, 6) is 0. The number of aromatic nitrogens is 2. The smallest absolute Gasteiger partial charge is 0.0931 e. The summed E-state index contributed by atoms with van der Waals surface area (Å²) < 4.78 is 0. The second-order valence-corrected chi connectivity index (χ2v) is 9.72. The van der Waals surface area contributed by atoms with Gasteiger partial charge in [-0.3, -0.25) is 0 Å². The maximum atomic E-state index is 4.47. The predicted octanol–water partition coefficient (Wildman–Crippen LogP) is 7.59.